The first kappa shape index (κ1) is 21.3. The number of aryl methyl sites for hydroxylation is 1. The van der Waals surface area contributed by atoms with E-state index in [9.17, 15) is 14.4 Å². The Morgan fingerprint density at radius 2 is 1.81 bits per heavy atom. The Morgan fingerprint density at radius 1 is 1.19 bits per heavy atom. The van der Waals surface area contributed by atoms with Gasteiger partial charge in [0.1, 0.15) is 11.4 Å². The van der Waals surface area contributed by atoms with E-state index >= 15 is 0 Å². The molecule has 10 nitrogen and oxygen atoms in total. The van der Waals surface area contributed by atoms with Crippen molar-refractivity contribution in [2.45, 2.75) is 46.3 Å². The van der Waals surface area contributed by atoms with E-state index in [2.05, 4.69) is 9.89 Å². The molecule has 10 heteroatoms. The lowest BCUT2D eigenvalue weighted by Gasteiger charge is -2.29. The highest BCUT2D eigenvalue weighted by atomic mass is 16.6. The number of ether oxygens (including phenoxy) is 4. The number of carbonyl (C=O) groups excluding carboxylic acids is 3. The summed E-state index contributed by atoms with van der Waals surface area (Å²) in [4.78, 5) is 38.0. The van der Waals surface area contributed by atoms with Crippen molar-refractivity contribution in [3.63, 3.8) is 0 Å². The fourth-order valence-corrected chi connectivity index (χ4v) is 2.08. The Hall–Kier alpha value is -2.78. The fourth-order valence-electron chi connectivity index (χ4n) is 2.08. The van der Waals surface area contributed by atoms with Gasteiger partial charge in [0.25, 0.3) is 5.88 Å². The number of imide groups is 1. The van der Waals surface area contributed by atoms with Crippen molar-refractivity contribution in [2.75, 3.05) is 20.8 Å². The van der Waals surface area contributed by atoms with Gasteiger partial charge in [-0.15, -0.1) is 0 Å². The number of hydrogen-bond donors (Lipinski definition) is 0. The minimum absolute atomic E-state index is 0.0192. The third-order valence-electron chi connectivity index (χ3n) is 3.07. The number of methoxy groups -OCH3 is 2. The minimum atomic E-state index is -1.56. The molecule has 0 saturated heterocycles. The molecule has 0 spiro atoms. The van der Waals surface area contributed by atoms with E-state index in [-0.39, 0.29) is 23.8 Å². The molecule has 1 atom stereocenters. The van der Waals surface area contributed by atoms with Crippen molar-refractivity contribution in [2.24, 2.45) is 0 Å². The summed E-state index contributed by atoms with van der Waals surface area (Å²) in [7, 11) is 2.37. The second-order valence-corrected chi connectivity index (χ2v) is 6.14. The molecule has 1 aromatic heterocycles. The van der Waals surface area contributed by atoms with Gasteiger partial charge in [-0.1, -0.05) is 0 Å². The average Bonchev–Trinajstić information content (AvgIpc) is 2.90. The van der Waals surface area contributed by atoms with Crippen molar-refractivity contribution in [3.05, 3.63) is 11.3 Å². The molecule has 0 bridgehead atoms. The zero-order chi connectivity index (χ0) is 20.1. The quantitative estimate of drug-likeness (QED) is 0.567. The maximum Gasteiger partial charge on any atom is 0.420 e. The van der Waals surface area contributed by atoms with Crippen LogP contribution < -0.4 is 4.74 Å². The SMILES string of the molecule is CCOC(=O)C(c1c(OC)noc1C)N(C(=O)OC)C(=O)OC(C)(C)C. The van der Waals surface area contributed by atoms with Gasteiger partial charge in [-0.3, -0.25) is 0 Å². The Balaban J connectivity index is 3.52. The van der Waals surface area contributed by atoms with Gasteiger partial charge in [-0.2, -0.15) is 4.90 Å². The predicted molar refractivity (Wildman–Crippen MR) is 87.6 cm³/mol. The van der Waals surface area contributed by atoms with E-state index in [0.29, 0.717) is 4.90 Å². The molecule has 146 valence electrons. The van der Waals surface area contributed by atoms with Crippen LogP contribution >= 0.6 is 0 Å². The molecular weight excluding hydrogens is 348 g/mol. The van der Waals surface area contributed by atoms with Gasteiger partial charge < -0.3 is 23.5 Å². The monoisotopic (exact) mass is 372 g/mol. The number of amides is 2. The number of aromatic nitrogens is 1. The van der Waals surface area contributed by atoms with E-state index in [4.69, 9.17) is 18.7 Å². The normalized spacial score (nSPS) is 12.1. The zero-order valence-corrected chi connectivity index (χ0v) is 15.9. The maximum absolute atomic E-state index is 12.6. The summed E-state index contributed by atoms with van der Waals surface area (Å²) in [6, 6.07) is -1.56. The van der Waals surface area contributed by atoms with Crippen LogP contribution in [0.3, 0.4) is 0 Å². The Bertz CT molecular complexity index is 662. The van der Waals surface area contributed by atoms with Crippen LogP contribution in [0.25, 0.3) is 0 Å². The average molecular weight is 372 g/mol. The van der Waals surface area contributed by atoms with Crippen molar-refractivity contribution in [1.82, 2.24) is 10.1 Å². The molecule has 0 aliphatic heterocycles. The molecule has 1 rings (SSSR count). The van der Waals surface area contributed by atoms with Crippen LogP contribution in [0.2, 0.25) is 0 Å². The summed E-state index contributed by atoms with van der Waals surface area (Å²) in [6.07, 6.45) is -2.20. The molecule has 0 aliphatic rings. The first-order valence-electron chi connectivity index (χ1n) is 7.84. The smallest absolute Gasteiger partial charge is 0.420 e. The van der Waals surface area contributed by atoms with Crippen LogP contribution in [0.5, 0.6) is 5.88 Å². The molecule has 1 unspecified atom stereocenters. The Morgan fingerprint density at radius 3 is 2.27 bits per heavy atom. The standard InChI is InChI=1S/C16H24N2O8/c1-8-24-13(19)11(10-9(2)26-17-12(10)22-6)18(14(20)23-7)15(21)25-16(3,4)5/h11H,8H2,1-7H3. The Kier molecular flexibility index (Phi) is 6.99. The van der Waals surface area contributed by atoms with Crippen LogP contribution in [0.15, 0.2) is 4.52 Å². The van der Waals surface area contributed by atoms with Gasteiger partial charge in [0.05, 0.1) is 26.4 Å². The summed E-state index contributed by atoms with van der Waals surface area (Å²) in [5.41, 5.74) is -0.863. The molecule has 1 aromatic rings. The van der Waals surface area contributed by atoms with Gasteiger partial charge in [0.2, 0.25) is 0 Å². The lowest BCUT2D eigenvalue weighted by Crippen LogP contribution is -2.46. The lowest BCUT2D eigenvalue weighted by molar-refractivity contribution is -0.149. The minimum Gasteiger partial charge on any atom is -0.479 e. The topological polar surface area (TPSA) is 117 Å². The van der Waals surface area contributed by atoms with E-state index < -0.39 is 29.8 Å². The summed E-state index contributed by atoms with van der Waals surface area (Å²) in [6.45, 7) is 7.95. The summed E-state index contributed by atoms with van der Waals surface area (Å²) in [5, 5.41) is 3.66. The summed E-state index contributed by atoms with van der Waals surface area (Å²) < 4.78 is 25.0. The lowest BCUT2D eigenvalue weighted by atomic mass is 10.1. The molecule has 0 saturated carbocycles. The van der Waals surface area contributed by atoms with Crippen molar-refractivity contribution >= 4 is 18.2 Å². The summed E-state index contributed by atoms with van der Waals surface area (Å²) in [5.74, 6) is -0.802. The van der Waals surface area contributed by atoms with Crippen LogP contribution in [-0.2, 0) is 19.0 Å². The number of hydrogen-bond acceptors (Lipinski definition) is 9. The molecule has 0 radical (unpaired) electrons. The second kappa shape index (κ2) is 8.54. The zero-order valence-electron chi connectivity index (χ0n) is 15.9. The molecule has 0 fully saturated rings. The van der Waals surface area contributed by atoms with Crippen molar-refractivity contribution in [3.8, 4) is 5.88 Å². The fraction of sp³-hybridized carbons (Fsp3) is 0.625. The molecule has 26 heavy (non-hydrogen) atoms. The molecule has 1 heterocycles. The maximum atomic E-state index is 12.6. The van der Waals surface area contributed by atoms with Gasteiger partial charge in [-0.25, -0.2) is 14.4 Å². The third kappa shape index (κ3) is 4.87. The number of carbonyl (C=O) groups is 3. The van der Waals surface area contributed by atoms with Gasteiger partial charge in [0, 0.05) is 0 Å². The highest BCUT2D eigenvalue weighted by Crippen LogP contribution is 2.34. The molecule has 0 N–H and O–H groups in total. The van der Waals surface area contributed by atoms with E-state index in [1.165, 1.54) is 14.0 Å². The van der Waals surface area contributed by atoms with Gasteiger partial charge in [-0.05, 0) is 39.8 Å². The van der Waals surface area contributed by atoms with Crippen LogP contribution in [0, 0.1) is 6.92 Å². The van der Waals surface area contributed by atoms with Gasteiger partial charge in [0.15, 0.2) is 6.04 Å². The molecular formula is C16H24N2O8. The van der Waals surface area contributed by atoms with E-state index in [1.807, 2.05) is 0 Å². The molecule has 2 amide bonds. The van der Waals surface area contributed by atoms with Crippen LogP contribution in [0.4, 0.5) is 9.59 Å². The highest BCUT2D eigenvalue weighted by molar-refractivity contribution is 5.95. The highest BCUT2D eigenvalue weighted by Gasteiger charge is 2.44. The summed E-state index contributed by atoms with van der Waals surface area (Å²) >= 11 is 0. The predicted octanol–water partition coefficient (Wildman–Crippen LogP) is 2.60. The Labute approximate surface area is 151 Å². The van der Waals surface area contributed by atoms with Crippen LogP contribution in [-0.4, -0.2) is 54.6 Å². The van der Waals surface area contributed by atoms with Gasteiger partial charge >= 0.3 is 18.2 Å². The van der Waals surface area contributed by atoms with Crippen LogP contribution in [0.1, 0.15) is 45.1 Å². The largest absolute Gasteiger partial charge is 0.479 e. The first-order chi connectivity index (χ1) is 12.1. The first-order valence-corrected chi connectivity index (χ1v) is 7.84. The van der Waals surface area contributed by atoms with Crippen molar-refractivity contribution in [1.29, 1.82) is 0 Å². The second-order valence-electron chi connectivity index (χ2n) is 6.14. The molecule has 0 aliphatic carbocycles. The molecule has 0 aromatic carbocycles. The van der Waals surface area contributed by atoms with E-state index in [1.54, 1.807) is 27.7 Å². The number of rotatable bonds is 5. The number of esters is 1. The van der Waals surface area contributed by atoms with Crippen molar-refractivity contribution < 1.29 is 37.9 Å². The third-order valence-corrected chi connectivity index (χ3v) is 3.07. The van der Waals surface area contributed by atoms with E-state index in [0.717, 1.165) is 7.11 Å². The number of nitrogens with zero attached hydrogens (tertiary/aromatic N) is 2.